The van der Waals surface area contributed by atoms with Crippen molar-refractivity contribution in [1.82, 2.24) is 4.98 Å². The summed E-state index contributed by atoms with van der Waals surface area (Å²) >= 11 is 0. The Morgan fingerprint density at radius 2 is 2.10 bits per heavy atom. The summed E-state index contributed by atoms with van der Waals surface area (Å²) in [6.45, 7) is 1.58. The number of methoxy groups -OCH3 is 1. The second-order valence-corrected chi connectivity index (χ2v) is 4.31. The maximum atomic E-state index is 13.3. The number of H-pyrrole nitrogens is 1. The number of amides is 1. The van der Waals surface area contributed by atoms with Crippen LogP contribution < -0.4 is 10.1 Å². The number of carbonyl (C=O) groups excluding carboxylic acids is 1. The molecule has 2 aromatic rings. The van der Waals surface area contributed by atoms with Gasteiger partial charge in [0.15, 0.2) is 11.6 Å². The average Bonchev–Trinajstić information content (AvgIpc) is 2.80. The van der Waals surface area contributed by atoms with Crippen molar-refractivity contribution in [2.24, 2.45) is 0 Å². The lowest BCUT2D eigenvalue weighted by Gasteiger charge is -2.07. The van der Waals surface area contributed by atoms with E-state index in [1.807, 2.05) is 0 Å². The van der Waals surface area contributed by atoms with Gasteiger partial charge in [0, 0.05) is 17.5 Å². The summed E-state index contributed by atoms with van der Waals surface area (Å²) in [4.78, 5) is 25.9. The number of aromatic carboxylic acids is 1. The standard InChI is InChI=1S/C14H13FN2O4/c1-7-12(14(19)20)10(6-16-7)17-13(18)8-3-4-9(15)11(5-8)21-2/h3-6,16H,1-2H3,(H,17,18)(H,19,20). The number of anilines is 1. The minimum Gasteiger partial charge on any atom is -0.494 e. The van der Waals surface area contributed by atoms with Gasteiger partial charge < -0.3 is 20.1 Å². The van der Waals surface area contributed by atoms with Gasteiger partial charge in [-0.2, -0.15) is 0 Å². The van der Waals surface area contributed by atoms with Crippen LogP contribution in [0.1, 0.15) is 26.4 Å². The zero-order chi connectivity index (χ0) is 15.6. The summed E-state index contributed by atoms with van der Waals surface area (Å²) in [5, 5.41) is 11.6. The number of carboxylic acids is 1. The van der Waals surface area contributed by atoms with Crippen molar-refractivity contribution in [3.8, 4) is 5.75 Å². The van der Waals surface area contributed by atoms with Gasteiger partial charge in [-0.3, -0.25) is 4.79 Å². The molecular weight excluding hydrogens is 279 g/mol. The number of nitrogens with one attached hydrogen (secondary N) is 2. The summed E-state index contributed by atoms with van der Waals surface area (Å²) in [6.07, 6.45) is 1.39. The summed E-state index contributed by atoms with van der Waals surface area (Å²) < 4.78 is 18.1. The Balaban J connectivity index is 2.28. The number of halogens is 1. The van der Waals surface area contributed by atoms with E-state index in [9.17, 15) is 14.0 Å². The molecule has 3 N–H and O–H groups in total. The van der Waals surface area contributed by atoms with E-state index in [1.54, 1.807) is 6.92 Å². The zero-order valence-electron chi connectivity index (χ0n) is 11.4. The highest BCUT2D eigenvalue weighted by molar-refractivity contribution is 6.08. The van der Waals surface area contributed by atoms with Crippen molar-refractivity contribution in [1.29, 1.82) is 0 Å². The Morgan fingerprint density at radius 1 is 1.38 bits per heavy atom. The lowest BCUT2D eigenvalue weighted by molar-refractivity contribution is 0.0697. The molecule has 1 heterocycles. The number of aromatic amines is 1. The number of carbonyl (C=O) groups is 2. The number of carboxylic acid groups (broad SMARTS) is 1. The molecule has 0 aliphatic carbocycles. The third kappa shape index (κ3) is 2.86. The largest absolute Gasteiger partial charge is 0.494 e. The Bertz CT molecular complexity index is 709. The Morgan fingerprint density at radius 3 is 2.71 bits per heavy atom. The van der Waals surface area contributed by atoms with Crippen molar-refractivity contribution in [3.05, 3.63) is 47.0 Å². The molecule has 0 saturated carbocycles. The van der Waals surface area contributed by atoms with Crippen LogP contribution in [-0.4, -0.2) is 29.1 Å². The molecular formula is C14H13FN2O4. The van der Waals surface area contributed by atoms with E-state index in [-0.39, 0.29) is 22.6 Å². The van der Waals surface area contributed by atoms with E-state index >= 15 is 0 Å². The van der Waals surface area contributed by atoms with E-state index in [4.69, 9.17) is 9.84 Å². The van der Waals surface area contributed by atoms with Gasteiger partial charge in [0.05, 0.1) is 12.8 Å². The van der Waals surface area contributed by atoms with Gasteiger partial charge in [-0.25, -0.2) is 9.18 Å². The zero-order valence-corrected chi connectivity index (χ0v) is 11.4. The molecule has 110 valence electrons. The predicted octanol–water partition coefficient (Wildman–Crippen LogP) is 2.42. The molecule has 21 heavy (non-hydrogen) atoms. The molecule has 1 aromatic carbocycles. The van der Waals surface area contributed by atoms with Crippen LogP contribution in [0.4, 0.5) is 10.1 Å². The van der Waals surface area contributed by atoms with Crippen LogP contribution in [0.2, 0.25) is 0 Å². The third-order valence-corrected chi connectivity index (χ3v) is 2.95. The maximum Gasteiger partial charge on any atom is 0.339 e. The third-order valence-electron chi connectivity index (χ3n) is 2.95. The average molecular weight is 292 g/mol. The van der Waals surface area contributed by atoms with Gasteiger partial charge in [0.2, 0.25) is 0 Å². The molecule has 0 aliphatic rings. The number of benzene rings is 1. The van der Waals surface area contributed by atoms with Gasteiger partial charge in [0.25, 0.3) is 5.91 Å². The van der Waals surface area contributed by atoms with Crippen LogP contribution in [0.3, 0.4) is 0 Å². The molecule has 6 nitrogen and oxygen atoms in total. The van der Waals surface area contributed by atoms with E-state index in [0.717, 1.165) is 6.07 Å². The number of aromatic nitrogens is 1. The molecule has 0 fully saturated rings. The highest BCUT2D eigenvalue weighted by Gasteiger charge is 2.18. The molecule has 2 rings (SSSR count). The highest BCUT2D eigenvalue weighted by Crippen LogP contribution is 2.22. The molecule has 0 unspecified atom stereocenters. The van der Waals surface area contributed by atoms with Crippen molar-refractivity contribution < 1.29 is 23.8 Å². The van der Waals surface area contributed by atoms with Crippen LogP contribution >= 0.6 is 0 Å². The lowest BCUT2D eigenvalue weighted by atomic mass is 10.1. The van der Waals surface area contributed by atoms with E-state index in [1.165, 1.54) is 25.4 Å². The summed E-state index contributed by atoms with van der Waals surface area (Å²) in [5.74, 6) is -2.36. The number of hydrogen-bond acceptors (Lipinski definition) is 3. The van der Waals surface area contributed by atoms with Crippen molar-refractivity contribution >= 4 is 17.6 Å². The molecule has 0 spiro atoms. The van der Waals surface area contributed by atoms with Gasteiger partial charge in [0.1, 0.15) is 5.56 Å². The number of rotatable bonds is 4. The molecule has 0 saturated heterocycles. The quantitative estimate of drug-likeness (QED) is 0.807. The fourth-order valence-electron chi connectivity index (χ4n) is 1.90. The summed E-state index contributed by atoms with van der Waals surface area (Å²) in [6, 6.07) is 3.63. The van der Waals surface area contributed by atoms with E-state index in [0.29, 0.717) is 5.69 Å². The first-order chi connectivity index (χ1) is 9.93. The van der Waals surface area contributed by atoms with Gasteiger partial charge in [-0.1, -0.05) is 0 Å². The van der Waals surface area contributed by atoms with E-state index in [2.05, 4.69) is 10.3 Å². The lowest BCUT2D eigenvalue weighted by Crippen LogP contribution is -2.14. The monoisotopic (exact) mass is 292 g/mol. The normalized spacial score (nSPS) is 10.2. The maximum absolute atomic E-state index is 13.3. The van der Waals surface area contributed by atoms with Gasteiger partial charge in [-0.15, -0.1) is 0 Å². The van der Waals surface area contributed by atoms with Crippen LogP contribution in [0.25, 0.3) is 0 Å². The highest BCUT2D eigenvalue weighted by atomic mass is 19.1. The second kappa shape index (κ2) is 5.66. The number of hydrogen-bond donors (Lipinski definition) is 3. The van der Waals surface area contributed by atoms with Crippen molar-refractivity contribution in [3.63, 3.8) is 0 Å². The SMILES string of the molecule is COc1cc(C(=O)Nc2c[nH]c(C)c2C(=O)O)ccc1F. The van der Waals surface area contributed by atoms with Gasteiger partial charge >= 0.3 is 5.97 Å². The van der Waals surface area contributed by atoms with Crippen LogP contribution in [0, 0.1) is 12.7 Å². The summed E-state index contributed by atoms with van der Waals surface area (Å²) in [7, 11) is 1.29. The van der Waals surface area contributed by atoms with Crippen LogP contribution in [-0.2, 0) is 0 Å². The first-order valence-electron chi connectivity index (χ1n) is 6.00. The van der Waals surface area contributed by atoms with Gasteiger partial charge in [-0.05, 0) is 25.1 Å². The van der Waals surface area contributed by atoms with E-state index < -0.39 is 17.7 Å². The number of aryl methyl sites for hydroxylation is 1. The molecule has 0 aliphatic heterocycles. The second-order valence-electron chi connectivity index (χ2n) is 4.31. The summed E-state index contributed by atoms with van der Waals surface area (Å²) in [5.41, 5.74) is 0.712. The van der Waals surface area contributed by atoms with Crippen molar-refractivity contribution in [2.45, 2.75) is 6.92 Å². The predicted molar refractivity (Wildman–Crippen MR) is 73.4 cm³/mol. The first kappa shape index (κ1) is 14.6. The Kier molecular flexibility index (Phi) is 3.93. The topological polar surface area (TPSA) is 91.4 Å². The Labute approximate surface area is 119 Å². The molecule has 7 heteroatoms. The van der Waals surface area contributed by atoms with Crippen LogP contribution in [0.5, 0.6) is 5.75 Å². The molecule has 1 aromatic heterocycles. The molecule has 0 bridgehead atoms. The molecule has 0 atom stereocenters. The fourth-order valence-corrected chi connectivity index (χ4v) is 1.90. The van der Waals surface area contributed by atoms with Crippen LogP contribution in [0.15, 0.2) is 24.4 Å². The number of ether oxygens (including phenoxy) is 1. The first-order valence-corrected chi connectivity index (χ1v) is 6.00. The minimum atomic E-state index is -1.15. The fraction of sp³-hybridized carbons (Fsp3) is 0.143. The van der Waals surface area contributed by atoms with Crippen molar-refractivity contribution in [2.75, 3.05) is 12.4 Å². The molecule has 1 amide bonds. The smallest absolute Gasteiger partial charge is 0.339 e. The Hall–Kier alpha value is -2.83. The molecule has 0 radical (unpaired) electrons. The minimum absolute atomic E-state index is 0.0163.